The molecule has 8 nitrogen and oxygen atoms in total. The molecule has 0 aromatic heterocycles. The number of amides is 2. The van der Waals surface area contributed by atoms with Gasteiger partial charge < -0.3 is 20.1 Å². The zero-order valence-electron chi connectivity index (χ0n) is 11.5. The lowest BCUT2D eigenvalue weighted by Crippen LogP contribution is -2.44. The minimum absolute atomic E-state index is 0.0387. The summed E-state index contributed by atoms with van der Waals surface area (Å²) in [4.78, 5) is 21.7. The summed E-state index contributed by atoms with van der Waals surface area (Å²) in [5.74, 6) is 0. The van der Waals surface area contributed by atoms with Crippen LogP contribution in [-0.4, -0.2) is 37.5 Å². The molecule has 0 aliphatic carbocycles. The van der Waals surface area contributed by atoms with E-state index in [4.69, 9.17) is 9.47 Å². The number of ether oxygens (including phenoxy) is 2. The molecule has 1 atom stereocenters. The van der Waals surface area contributed by atoms with E-state index in [9.17, 15) is 14.9 Å². The molecule has 0 aliphatic heterocycles. The number of benzene rings is 1. The van der Waals surface area contributed by atoms with E-state index in [2.05, 4.69) is 10.6 Å². The first-order valence-corrected chi connectivity index (χ1v) is 5.85. The highest BCUT2D eigenvalue weighted by molar-refractivity contribution is 5.89. The number of carbonyl (C=O) groups is 1. The normalized spacial score (nSPS) is 12.0. The second-order valence-electron chi connectivity index (χ2n) is 4.03. The molecule has 0 bridgehead atoms. The van der Waals surface area contributed by atoms with Gasteiger partial charge in [-0.1, -0.05) is 0 Å². The number of nitro groups is 1. The van der Waals surface area contributed by atoms with Crippen LogP contribution in [0.2, 0.25) is 0 Å². The number of urea groups is 1. The van der Waals surface area contributed by atoms with Gasteiger partial charge in [0.1, 0.15) is 0 Å². The zero-order valence-corrected chi connectivity index (χ0v) is 11.5. The van der Waals surface area contributed by atoms with Crippen LogP contribution in [0.15, 0.2) is 24.3 Å². The number of hydrogen-bond acceptors (Lipinski definition) is 5. The number of nitro benzene ring substituents is 1. The Labute approximate surface area is 116 Å². The highest BCUT2D eigenvalue weighted by Crippen LogP contribution is 2.15. The first kappa shape index (κ1) is 15.9. The smallest absolute Gasteiger partial charge is 0.319 e. The summed E-state index contributed by atoms with van der Waals surface area (Å²) in [6, 6.07) is 4.71. The van der Waals surface area contributed by atoms with Crippen molar-refractivity contribution in [3.8, 4) is 0 Å². The number of anilines is 1. The van der Waals surface area contributed by atoms with Crippen molar-refractivity contribution in [3.63, 3.8) is 0 Å². The maximum Gasteiger partial charge on any atom is 0.319 e. The molecule has 0 spiro atoms. The molecule has 0 fully saturated rings. The largest absolute Gasteiger partial charge is 0.354 e. The van der Waals surface area contributed by atoms with Crippen molar-refractivity contribution in [3.05, 3.63) is 34.4 Å². The van der Waals surface area contributed by atoms with E-state index in [0.29, 0.717) is 5.69 Å². The number of nitrogens with zero attached hydrogens (tertiary/aromatic N) is 1. The molecule has 1 unspecified atom stereocenters. The number of non-ortho nitro benzene ring substituents is 1. The fourth-order valence-electron chi connectivity index (χ4n) is 1.61. The molecular weight excluding hydrogens is 266 g/mol. The van der Waals surface area contributed by atoms with Crippen LogP contribution in [0.5, 0.6) is 0 Å². The molecule has 8 heteroatoms. The zero-order chi connectivity index (χ0) is 15.1. The Hall–Kier alpha value is -2.19. The van der Waals surface area contributed by atoms with E-state index >= 15 is 0 Å². The molecule has 0 aliphatic rings. The molecule has 20 heavy (non-hydrogen) atoms. The van der Waals surface area contributed by atoms with Crippen molar-refractivity contribution in [1.82, 2.24) is 5.32 Å². The maximum atomic E-state index is 11.7. The Morgan fingerprint density at radius 2 is 1.80 bits per heavy atom. The molecule has 2 N–H and O–H groups in total. The van der Waals surface area contributed by atoms with Crippen LogP contribution in [0, 0.1) is 10.1 Å². The molecule has 0 heterocycles. The summed E-state index contributed by atoms with van der Waals surface area (Å²) in [7, 11) is 2.95. The van der Waals surface area contributed by atoms with E-state index in [-0.39, 0.29) is 11.7 Å². The third kappa shape index (κ3) is 4.48. The topological polar surface area (TPSA) is 103 Å². The summed E-state index contributed by atoms with van der Waals surface area (Å²) in [6.07, 6.45) is -0.558. The van der Waals surface area contributed by atoms with Crippen LogP contribution in [-0.2, 0) is 9.47 Å². The van der Waals surface area contributed by atoms with Crippen LogP contribution in [0.25, 0.3) is 0 Å². The Kier molecular flexibility index (Phi) is 5.88. The summed E-state index contributed by atoms with van der Waals surface area (Å²) >= 11 is 0. The number of carbonyl (C=O) groups excluding carboxylic acids is 1. The highest BCUT2D eigenvalue weighted by Gasteiger charge is 2.18. The lowest BCUT2D eigenvalue weighted by molar-refractivity contribution is -0.384. The Balaban J connectivity index is 2.55. The van der Waals surface area contributed by atoms with Gasteiger partial charge in [-0.25, -0.2) is 4.79 Å². The molecule has 1 rings (SSSR count). The standard InChI is InChI=1S/C12H17N3O5/c1-8(11(19-2)20-3)13-12(16)14-9-4-6-10(7-5-9)15(17)18/h4-8,11H,1-3H3,(H2,13,14,16). The summed E-state index contributed by atoms with van der Waals surface area (Å²) in [5.41, 5.74) is 0.412. The van der Waals surface area contributed by atoms with Crippen LogP contribution < -0.4 is 10.6 Å². The van der Waals surface area contributed by atoms with Gasteiger partial charge in [-0.15, -0.1) is 0 Å². The van der Waals surface area contributed by atoms with Crippen molar-refractivity contribution >= 4 is 17.4 Å². The SMILES string of the molecule is COC(OC)C(C)NC(=O)Nc1ccc([N+](=O)[O-])cc1. The molecule has 0 saturated carbocycles. The fraction of sp³-hybridized carbons (Fsp3) is 0.417. The van der Waals surface area contributed by atoms with Gasteiger partial charge in [0.25, 0.3) is 5.69 Å². The molecule has 110 valence electrons. The van der Waals surface area contributed by atoms with Crippen molar-refractivity contribution in [1.29, 1.82) is 0 Å². The van der Waals surface area contributed by atoms with Gasteiger partial charge in [-0.3, -0.25) is 10.1 Å². The van der Waals surface area contributed by atoms with Gasteiger partial charge in [0, 0.05) is 32.0 Å². The van der Waals surface area contributed by atoms with E-state index in [1.165, 1.54) is 38.5 Å². The summed E-state index contributed by atoms with van der Waals surface area (Å²) < 4.78 is 10.0. The van der Waals surface area contributed by atoms with Gasteiger partial charge in [0.15, 0.2) is 6.29 Å². The average Bonchev–Trinajstić information content (AvgIpc) is 2.40. The van der Waals surface area contributed by atoms with Crippen LogP contribution in [0.3, 0.4) is 0 Å². The molecule has 2 amide bonds. The first-order valence-electron chi connectivity index (χ1n) is 5.85. The molecule has 1 aromatic rings. The summed E-state index contributed by atoms with van der Waals surface area (Å²) in [5, 5.41) is 15.7. The minimum Gasteiger partial charge on any atom is -0.354 e. The lowest BCUT2D eigenvalue weighted by Gasteiger charge is -2.22. The van der Waals surface area contributed by atoms with Crippen molar-refractivity contribution < 1.29 is 19.2 Å². The van der Waals surface area contributed by atoms with Crippen LogP contribution >= 0.6 is 0 Å². The number of rotatable bonds is 6. The fourth-order valence-corrected chi connectivity index (χ4v) is 1.61. The summed E-state index contributed by atoms with van der Waals surface area (Å²) in [6.45, 7) is 1.73. The molecule has 1 aromatic carbocycles. The Morgan fingerprint density at radius 3 is 2.25 bits per heavy atom. The van der Waals surface area contributed by atoms with E-state index in [1.54, 1.807) is 6.92 Å². The third-order valence-corrected chi connectivity index (χ3v) is 2.57. The third-order valence-electron chi connectivity index (χ3n) is 2.57. The van der Waals surface area contributed by atoms with E-state index in [0.717, 1.165) is 0 Å². The first-order chi connectivity index (χ1) is 9.47. The second kappa shape index (κ2) is 7.41. The predicted molar refractivity (Wildman–Crippen MR) is 72.5 cm³/mol. The monoisotopic (exact) mass is 283 g/mol. The van der Waals surface area contributed by atoms with Gasteiger partial charge in [0.2, 0.25) is 0 Å². The molecule has 0 radical (unpaired) electrons. The van der Waals surface area contributed by atoms with Crippen molar-refractivity contribution in [2.24, 2.45) is 0 Å². The average molecular weight is 283 g/mol. The van der Waals surface area contributed by atoms with Crippen LogP contribution in [0.4, 0.5) is 16.2 Å². The number of methoxy groups -OCH3 is 2. The van der Waals surface area contributed by atoms with Gasteiger partial charge in [-0.2, -0.15) is 0 Å². The van der Waals surface area contributed by atoms with Crippen molar-refractivity contribution in [2.75, 3.05) is 19.5 Å². The lowest BCUT2D eigenvalue weighted by atomic mass is 10.3. The highest BCUT2D eigenvalue weighted by atomic mass is 16.7. The van der Waals surface area contributed by atoms with Gasteiger partial charge in [-0.05, 0) is 19.1 Å². The predicted octanol–water partition coefficient (Wildman–Crippen LogP) is 1.72. The number of hydrogen-bond donors (Lipinski definition) is 2. The molecule has 0 saturated heterocycles. The quantitative estimate of drug-likeness (QED) is 0.470. The van der Waals surface area contributed by atoms with E-state index in [1.807, 2.05) is 0 Å². The maximum absolute atomic E-state index is 11.7. The number of nitrogens with one attached hydrogen (secondary N) is 2. The van der Waals surface area contributed by atoms with Crippen LogP contribution in [0.1, 0.15) is 6.92 Å². The Bertz CT molecular complexity index is 459. The van der Waals surface area contributed by atoms with Crippen molar-refractivity contribution in [2.45, 2.75) is 19.3 Å². The minimum atomic E-state index is -0.558. The van der Waals surface area contributed by atoms with Gasteiger partial charge >= 0.3 is 6.03 Å². The Morgan fingerprint density at radius 1 is 1.25 bits per heavy atom. The van der Waals surface area contributed by atoms with Gasteiger partial charge in [0.05, 0.1) is 11.0 Å². The second-order valence-corrected chi connectivity index (χ2v) is 4.03. The molecular formula is C12H17N3O5. The van der Waals surface area contributed by atoms with E-state index < -0.39 is 17.2 Å².